The fourth-order valence-electron chi connectivity index (χ4n) is 5.29. The summed E-state index contributed by atoms with van der Waals surface area (Å²) in [7, 11) is 0. The van der Waals surface area contributed by atoms with E-state index in [1.54, 1.807) is 38.1 Å². The summed E-state index contributed by atoms with van der Waals surface area (Å²) in [5.41, 5.74) is -1.39. The third-order valence-corrected chi connectivity index (χ3v) is 7.45. The van der Waals surface area contributed by atoms with Gasteiger partial charge >= 0.3 is 18.4 Å². The van der Waals surface area contributed by atoms with E-state index in [9.17, 15) is 40.3 Å². The van der Waals surface area contributed by atoms with Crippen molar-refractivity contribution >= 4 is 12.0 Å². The maximum Gasteiger partial charge on any atom is 0.416 e. The van der Waals surface area contributed by atoms with Gasteiger partial charge in [-0.2, -0.15) is 26.3 Å². The number of hydrogen-bond donors (Lipinski definition) is 0. The summed E-state index contributed by atoms with van der Waals surface area (Å²) in [4.78, 5) is 29.5. The molecule has 1 heterocycles. The fourth-order valence-corrected chi connectivity index (χ4v) is 5.29. The molecule has 2 unspecified atom stereocenters. The standard InChI is InChI=1S/C31H29F7N2O3/c1-19-14-25(32)9-10-26(19)28-20(2)39(29(42)43-18-21-6-4-3-5-7-21)12-13-40(28)27(41)11-8-22-15-23(30(33,34)35)17-24(16-22)31(36,37)38/h3-7,9-10,14-17,20,28H,8,11-13,18H2,1-2H3. The topological polar surface area (TPSA) is 49.9 Å². The molecule has 0 aliphatic carbocycles. The van der Waals surface area contributed by atoms with Gasteiger partial charge in [-0.05, 0) is 72.9 Å². The van der Waals surface area contributed by atoms with Crippen molar-refractivity contribution in [1.29, 1.82) is 0 Å². The molecule has 1 aliphatic heterocycles. The Labute approximate surface area is 243 Å². The summed E-state index contributed by atoms with van der Waals surface area (Å²) < 4.78 is 99.3. The second-order valence-corrected chi connectivity index (χ2v) is 10.4. The van der Waals surface area contributed by atoms with Gasteiger partial charge in [0.1, 0.15) is 12.4 Å². The summed E-state index contributed by atoms with van der Waals surface area (Å²) in [6, 6.07) is 12.8. The van der Waals surface area contributed by atoms with E-state index in [1.807, 2.05) is 6.07 Å². The predicted molar refractivity (Wildman–Crippen MR) is 143 cm³/mol. The second-order valence-electron chi connectivity index (χ2n) is 10.4. The van der Waals surface area contributed by atoms with Crippen LogP contribution in [0.3, 0.4) is 0 Å². The van der Waals surface area contributed by atoms with Gasteiger partial charge in [0, 0.05) is 19.5 Å². The highest BCUT2D eigenvalue weighted by atomic mass is 19.4. The Kier molecular flexibility index (Phi) is 9.36. The number of alkyl halides is 6. The van der Waals surface area contributed by atoms with Gasteiger partial charge < -0.3 is 14.5 Å². The molecule has 3 aromatic rings. The molecule has 0 bridgehead atoms. The van der Waals surface area contributed by atoms with Crippen LogP contribution in [0.1, 0.15) is 52.8 Å². The van der Waals surface area contributed by atoms with Crippen molar-refractivity contribution in [3.05, 3.63) is 106 Å². The molecular weight excluding hydrogens is 581 g/mol. The summed E-state index contributed by atoms with van der Waals surface area (Å²) in [6.07, 6.45) is -11.4. The van der Waals surface area contributed by atoms with Crippen LogP contribution in [-0.2, 0) is 34.9 Å². The van der Waals surface area contributed by atoms with Crippen LogP contribution in [0.15, 0.2) is 66.7 Å². The highest BCUT2D eigenvalue weighted by molar-refractivity contribution is 5.78. The zero-order valence-electron chi connectivity index (χ0n) is 23.3. The van der Waals surface area contributed by atoms with Crippen LogP contribution < -0.4 is 0 Å². The Morgan fingerprint density at radius 1 is 0.837 bits per heavy atom. The second kappa shape index (κ2) is 12.6. The largest absolute Gasteiger partial charge is 0.445 e. The van der Waals surface area contributed by atoms with Crippen molar-refractivity contribution in [2.75, 3.05) is 13.1 Å². The monoisotopic (exact) mass is 610 g/mol. The normalized spacial score (nSPS) is 17.6. The van der Waals surface area contributed by atoms with E-state index in [0.29, 0.717) is 23.3 Å². The van der Waals surface area contributed by atoms with Crippen molar-refractivity contribution in [3.63, 3.8) is 0 Å². The van der Waals surface area contributed by atoms with Gasteiger partial charge in [0.05, 0.1) is 23.2 Å². The smallest absolute Gasteiger partial charge is 0.416 e. The molecule has 2 atom stereocenters. The molecule has 0 spiro atoms. The summed E-state index contributed by atoms with van der Waals surface area (Å²) in [6.45, 7) is 3.43. The van der Waals surface area contributed by atoms with Gasteiger partial charge in [0.15, 0.2) is 0 Å². The van der Waals surface area contributed by atoms with Gasteiger partial charge in [-0.3, -0.25) is 4.79 Å². The maximum atomic E-state index is 14.0. The number of benzene rings is 3. The van der Waals surface area contributed by atoms with Crippen LogP contribution in [0.25, 0.3) is 0 Å². The first-order valence-electron chi connectivity index (χ1n) is 13.5. The van der Waals surface area contributed by atoms with E-state index >= 15 is 0 Å². The molecule has 230 valence electrons. The molecule has 4 rings (SSSR count). The molecule has 12 heteroatoms. The molecule has 1 aliphatic rings. The molecule has 3 aromatic carbocycles. The van der Waals surface area contributed by atoms with E-state index in [0.717, 1.165) is 5.56 Å². The number of piperazine rings is 1. The Morgan fingerprint density at radius 2 is 1.44 bits per heavy atom. The van der Waals surface area contributed by atoms with Crippen LogP contribution in [0, 0.1) is 12.7 Å². The van der Waals surface area contributed by atoms with Crippen LogP contribution in [0.4, 0.5) is 35.5 Å². The molecule has 1 saturated heterocycles. The average molecular weight is 611 g/mol. The average Bonchev–Trinajstić information content (AvgIpc) is 2.94. The van der Waals surface area contributed by atoms with Crippen molar-refractivity contribution in [2.24, 2.45) is 0 Å². The fraction of sp³-hybridized carbons (Fsp3) is 0.355. The minimum absolute atomic E-state index is 0.0154. The molecule has 0 radical (unpaired) electrons. The molecule has 0 N–H and O–H groups in total. The molecule has 2 amide bonds. The Morgan fingerprint density at radius 3 is 2.02 bits per heavy atom. The van der Waals surface area contributed by atoms with Crippen LogP contribution in [0.2, 0.25) is 0 Å². The lowest BCUT2D eigenvalue weighted by Crippen LogP contribution is -2.57. The lowest BCUT2D eigenvalue weighted by atomic mass is 9.91. The maximum absolute atomic E-state index is 14.0. The van der Waals surface area contributed by atoms with E-state index in [-0.39, 0.29) is 44.2 Å². The number of rotatable bonds is 6. The first-order chi connectivity index (χ1) is 20.1. The molecule has 0 saturated carbocycles. The van der Waals surface area contributed by atoms with Crippen molar-refractivity contribution in [1.82, 2.24) is 9.80 Å². The molecule has 1 fully saturated rings. The summed E-state index contributed by atoms with van der Waals surface area (Å²) >= 11 is 0. The molecule has 43 heavy (non-hydrogen) atoms. The highest BCUT2D eigenvalue weighted by Crippen LogP contribution is 2.37. The first-order valence-corrected chi connectivity index (χ1v) is 13.5. The van der Waals surface area contributed by atoms with Crippen molar-refractivity contribution in [2.45, 2.75) is 57.7 Å². The first kappa shape index (κ1) is 31.8. The number of carbonyl (C=O) groups is 2. The third kappa shape index (κ3) is 7.66. The van der Waals surface area contributed by atoms with Gasteiger partial charge in [-0.25, -0.2) is 9.18 Å². The van der Waals surface area contributed by atoms with E-state index in [1.165, 1.54) is 28.0 Å². The molecular formula is C31H29F7N2O3. The van der Waals surface area contributed by atoms with Gasteiger partial charge in [-0.15, -0.1) is 0 Å². The number of ether oxygens (including phenoxy) is 1. The lowest BCUT2D eigenvalue weighted by Gasteiger charge is -2.46. The Hall–Kier alpha value is -4.09. The predicted octanol–water partition coefficient (Wildman–Crippen LogP) is 7.72. The quantitative estimate of drug-likeness (QED) is 0.269. The van der Waals surface area contributed by atoms with Gasteiger partial charge in [0.2, 0.25) is 5.91 Å². The Balaban J connectivity index is 1.57. The minimum Gasteiger partial charge on any atom is -0.445 e. The van der Waals surface area contributed by atoms with Crippen LogP contribution >= 0.6 is 0 Å². The Bertz CT molecular complexity index is 1430. The molecule has 5 nitrogen and oxygen atoms in total. The van der Waals surface area contributed by atoms with E-state index < -0.39 is 53.4 Å². The van der Waals surface area contributed by atoms with Crippen LogP contribution in [-0.4, -0.2) is 40.9 Å². The van der Waals surface area contributed by atoms with Gasteiger partial charge in [-0.1, -0.05) is 36.4 Å². The minimum atomic E-state index is -5.01. The number of nitrogens with zero attached hydrogens (tertiary/aromatic N) is 2. The SMILES string of the molecule is Cc1cc(F)ccc1C1C(C)N(C(=O)OCc2ccccc2)CCN1C(=O)CCc1cc(C(F)(F)F)cc(C(F)(F)F)c1. The van der Waals surface area contributed by atoms with E-state index in [2.05, 4.69) is 0 Å². The van der Waals surface area contributed by atoms with Crippen molar-refractivity contribution < 1.29 is 45.1 Å². The van der Waals surface area contributed by atoms with Crippen LogP contribution in [0.5, 0.6) is 0 Å². The van der Waals surface area contributed by atoms with Gasteiger partial charge in [0.25, 0.3) is 0 Å². The van der Waals surface area contributed by atoms with Crippen molar-refractivity contribution in [3.8, 4) is 0 Å². The highest BCUT2D eigenvalue weighted by Gasteiger charge is 2.41. The number of amides is 2. The number of halogens is 7. The lowest BCUT2D eigenvalue weighted by molar-refractivity contribution is -0.143. The number of carbonyl (C=O) groups excluding carboxylic acids is 2. The van der Waals surface area contributed by atoms with E-state index in [4.69, 9.17) is 4.74 Å². The number of aryl methyl sites for hydroxylation is 2. The number of hydrogen-bond acceptors (Lipinski definition) is 3. The zero-order chi connectivity index (χ0) is 31.5. The summed E-state index contributed by atoms with van der Waals surface area (Å²) in [5.74, 6) is -1.05. The summed E-state index contributed by atoms with van der Waals surface area (Å²) in [5, 5.41) is 0. The third-order valence-electron chi connectivity index (χ3n) is 7.45. The zero-order valence-corrected chi connectivity index (χ0v) is 23.3. The molecule has 0 aromatic heterocycles.